The summed E-state index contributed by atoms with van der Waals surface area (Å²) < 4.78 is 11.4. The van der Waals surface area contributed by atoms with E-state index in [9.17, 15) is 9.59 Å². The van der Waals surface area contributed by atoms with Crippen molar-refractivity contribution in [2.45, 2.75) is 82.8 Å². The van der Waals surface area contributed by atoms with E-state index in [0.29, 0.717) is 18.1 Å². The molecule has 0 N–H and O–H groups in total. The van der Waals surface area contributed by atoms with E-state index in [1.54, 1.807) is 7.11 Å². The number of hydrogen-bond acceptors (Lipinski definition) is 4. The Morgan fingerprint density at radius 1 is 0.917 bits per heavy atom. The molecule has 0 bridgehead atoms. The number of hydrogen-bond donors (Lipinski definition) is 0. The highest BCUT2D eigenvalue weighted by Gasteiger charge is 2.46. The molecule has 6 heteroatoms. The monoisotopic (exact) mass is 490 g/mol. The zero-order valence-corrected chi connectivity index (χ0v) is 21.6. The number of amides is 2. The van der Waals surface area contributed by atoms with E-state index in [0.717, 1.165) is 50.5 Å². The third-order valence-corrected chi connectivity index (χ3v) is 8.13. The molecule has 36 heavy (non-hydrogen) atoms. The van der Waals surface area contributed by atoms with Crippen LogP contribution in [0.3, 0.4) is 0 Å². The Hall–Kier alpha value is -3.02. The first-order valence-corrected chi connectivity index (χ1v) is 13.6. The summed E-state index contributed by atoms with van der Waals surface area (Å²) in [5.74, 6) is 1.31. The molecule has 2 aromatic carbocycles. The van der Waals surface area contributed by atoms with Crippen LogP contribution in [0.25, 0.3) is 0 Å². The minimum Gasteiger partial charge on any atom is -0.493 e. The molecule has 2 amide bonds. The largest absolute Gasteiger partial charge is 0.493 e. The highest BCUT2D eigenvalue weighted by atomic mass is 16.5. The first-order valence-electron chi connectivity index (χ1n) is 13.6. The number of fused-ring (bicyclic) bond motifs is 1. The number of carbonyl (C=O) groups excluding carboxylic acids is 2. The molecular weight excluding hydrogens is 452 g/mol. The van der Waals surface area contributed by atoms with E-state index in [1.165, 1.54) is 24.0 Å². The maximum absolute atomic E-state index is 14.3. The molecule has 1 saturated heterocycles. The number of aryl methyl sites for hydroxylation is 1. The molecular formula is C30H38N2O4. The second-order valence-corrected chi connectivity index (χ2v) is 10.3. The van der Waals surface area contributed by atoms with Crippen LogP contribution in [0.15, 0.2) is 42.5 Å². The summed E-state index contributed by atoms with van der Waals surface area (Å²) in [5.41, 5.74) is 3.24. The highest BCUT2D eigenvalue weighted by molar-refractivity contribution is 5.96. The lowest BCUT2D eigenvalue weighted by Crippen LogP contribution is -2.59. The smallest absolute Gasteiger partial charge is 0.250 e. The summed E-state index contributed by atoms with van der Waals surface area (Å²) in [6.45, 7) is 2.63. The summed E-state index contributed by atoms with van der Waals surface area (Å²) in [6.07, 6.45) is 9.48. The maximum Gasteiger partial charge on any atom is 0.250 e. The van der Waals surface area contributed by atoms with E-state index in [-0.39, 0.29) is 30.4 Å². The molecule has 0 spiro atoms. The Bertz CT molecular complexity index is 1090. The van der Waals surface area contributed by atoms with Gasteiger partial charge in [0.05, 0.1) is 19.8 Å². The van der Waals surface area contributed by atoms with Crippen molar-refractivity contribution in [3.05, 3.63) is 59.2 Å². The predicted molar refractivity (Wildman–Crippen MR) is 139 cm³/mol. The minimum absolute atomic E-state index is 0.0377. The fourth-order valence-electron chi connectivity index (χ4n) is 6.41. The van der Waals surface area contributed by atoms with Gasteiger partial charge < -0.3 is 19.3 Å². The van der Waals surface area contributed by atoms with Gasteiger partial charge in [0.15, 0.2) is 11.5 Å². The molecule has 0 aromatic heterocycles. The van der Waals surface area contributed by atoms with Gasteiger partial charge in [0.2, 0.25) is 5.91 Å². The number of rotatable bonds is 6. The molecule has 5 rings (SSSR count). The van der Waals surface area contributed by atoms with Crippen LogP contribution >= 0.6 is 0 Å². The van der Waals surface area contributed by atoms with Gasteiger partial charge in [-0.2, -0.15) is 0 Å². The molecule has 1 aliphatic heterocycles. The van der Waals surface area contributed by atoms with Crippen LogP contribution in [0, 0.1) is 0 Å². The van der Waals surface area contributed by atoms with Crippen molar-refractivity contribution in [2.24, 2.45) is 0 Å². The summed E-state index contributed by atoms with van der Waals surface area (Å²) >= 11 is 0. The van der Waals surface area contributed by atoms with Gasteiger partial charge in [0, 0.05) is 6.04 Å². The van der Waals surface area contributed by atoms with E-state index in [2.05, 4.69) is 18.2 Å². The number of methoxy groups -OCH3 is 1. The van der Waals surface area contributed by atoms with Crippen LogP contribution in [-0.4, -0.2) is 47.9 Å². The average molecular weight is 491 g/mol. The van der Waals surface area contributed by atoms with E-state index in [1.807, 2.05) is 41.0 Å². The van der Waals surface area contributed by atoms with Crippen LogP contribution < -0.4 is 9.47 Å². The molecule has 1 saturated carbocycles. The third kappa shape index (κ3) is 4.70. The van der Waals surface area contributed by atoms with Gasteiger partial charge in [-0.15, -0.1) is 0 Å². The molecule has 192 valence electrons. The van der Waals surface area contributed by atoms with Crippen molar-refractivity contribution in [3.63, 3.8) is 0 Å². The van der Waals surface area contributed by atoms with E-state index in [4.69, 9.17) is 9.47 Å². The van der Waals surface area contributed by atoms with Gasteiger partial charge in [-0.25, -0.2) is 0 Å². The molecule has 2 fully saturated rings. The van der Waals surface area contributed by atoms with Crippen LogP contribution in [0.2, 0.25) is 0 Å². The summed E-state index contributed by atoms with van der Waals surface area (Å²) in [4.78, 5) is 32.1. The van der Waals surface area contributed by atoms with Gasteiger partial charge in [0.25, 0.3) is 5.91 Å². The second-order valence-electron chi connectivity index (χ2n) is 10.3. The summed E-state index contributed by atoms with van der Waals surface area (Å²) in [7, 11) is 1.61. The van der Waals surface area contributed by atoms with Crippen molar-refractivity contribution < 1.29 is 19.1 Å². The van der Waals surface area contributed by atoms with Crippen LogP contribution in [0.4, 0.5) is 0 Å². The molecule has 6 nitrogen and oxygen atoms in total. The lowest BCUT2D eigenvalue weighted by Gasteiger charge is -2.47. The molecule has 2 aliphatic carbocycles. The maximum atomic E-state index is 14.3. The predicted octanol–water partition coefficient (Wildman–Crippen LogP) is 5.61. The SMILES string of the molecule is CCOc1ccc([C@H]2C(=O)N(C3CCCCCC3)CC(=O)N2[C@H]2CCCc3ccccc32)cc1OC. The number of nitrogens with zero attached hydrogens (tertiary/aromatic N) is 2. The molecule has 0 radical (unpaired) electrons. The topological polar surface area (TPSA) is 59.1 Å². The standard InChI is InChI=1S/C30H38N2O4/c1-3-36-26-18-17-22(19-27(26)35-2)29-30(34)31(23-13-6-4-5-7-14-23)20-28(33)32(29)25-16-10-12-21-11-8-9-15-24(21)25/h8-9,11,15,17-19,23,25,29H,3-7,10,12-14,16,20H2,1-2H3/t25-,29-/m0/s1. The van der Waals surface area contributed by atoms with Crippen molar-refractivity contribution in [1.29, 1.82) is 0 Å². The quantitative estimate of drug-likeness (QED) is 0.494. The van der Waals surface area contributed by atoms with Gasteiger partial charge in [-0.3, -0.25) is 9.59 Å². The Morgan fingerprint density at radius 3 is 2.44 bits per heavy atom. The van der Waals surface area contributed by atoms with Gasteiger partial charge >= 0.3 is 0 Å². The molecule has 2 aromatic rings. The number of ether oxygens (including phenoxy) is 2. The molecule has 0 unspecified atom stereocenters. The fourth-order valence-corrected chi connectivity index (χ4v) is 6.41. The van der Waals surface area contributed by atoms with Crippen LogP contribution in [-0.2, 0) is 16.0 Å². The van der Waals surface area contributed by atoms with Crippen LogP contribution in [0.1, 0.15) is 87.1 Å². The fraction of sp³-hybridized carbons (Fsp3) is 0.533. The molecule has 1 heterocycles. The minimum atomic E-state index is -0.671. The Kier molecular flexibility index (Phi) is 7.49. The number of benzene rings is 2. The van der Waals surface area contributed by atoms with Gasteiger partial charge in [0.1, 0.15) is 12.6 Å². The van der Waals surface area contributed by atoms with Crippen molar-refractivity contribution >= 4 is 11.8 Å². The number of piperazine rings is 1. The van der Waals surface area contributed by atoms with E-state index >= 15 is 0 Å². The Labute approximate surface area is 214 Å². The molecule has 3 aliphatic rings. The van der Waals surface area contributed by atoms with Gasteiger partial charge in [-0.05, 0) is 67.9 Å². The Morgan fingerprint density at radius 2 is 1.69 bits per heavy atom. The first-order chi connectivity index (χ1) is 17.6. The van der Waals surface area contributed by atoms with Crippen molar-refractivity contribution in [1.82, 2.24) is 9.80 Å². The average Bonchev–Trinajstić information content (AvgIpc) is 3.19. The second kappa shape index (κ2) is 10.9. The van der Waals surface area contributed by atoms with Gasteiger partial charge in [-0.1, -0.05) is 56.0 Å². The van der Waals surface area contributed by atoms with Crippen LogP contribution in [0.5, 0.6) is 11.5 Å². The third-order valence-electron chi connectivity index (χ3n) is 8.13. The zero-order chi connectivity index (χ0) is 25.1. The van der Waals surface area contributed by atoms with Crippen molar-refractivity contribution in [2.75, 3.05) is 20.3 Å². The normalized spacial score (nSPS) is 23.3. The molecule has 2 atom stereocenters. The lowest BCUT2D eigenvalue weighted by atomic mass is 9.84. The first kappa shape index (κ1) is 24.7. The number of carbonyl (C=O) groups is 2. The van der Waals surface area contributed by atoms with E-state index < -0.39 is 6.04 Å². The zero-order valence-electron chi connectivity index (χ0n) is 21.6. The summed E-state index contributed by atoms with van der Waals surface area (Å²) in [6, 6.07) is 13.4. The highest BCUT2D eigenvalue weighted by Crippen LogP contribution is 2.43. The summed E-state index contributed by atoms with van der Waals surface area (Å²) in [5, 5.41) is 0. The van der Waals surface area contributed by atoms with Crippen molar-refractivity contribution in [3.8, 4) is 11.5 Å². The Balaban J connectivity index is 1.57. The lowest BCUT2D eigenvalue weighted by molar-refractivity contribution is -0.162.